The highest BCUT2D eigenvalue weighted by Gasteiger charge is 2.26. The van der Waals surface area contributed by atoms with Crippen LogP contribution in [0.25, 0.3) is 0 Å². The van der Waals surface area contributed by atoms with Crippen LogP contribution in [0.3, 0.4) is 0 Å². The molecule has 0 aromatic carbocycles. The van der Waals surface area contributed by atoms with E-state index in [1.54, 1.807) is 17.8 Å². The van der Waals surface area contributed by atoms with Crippen molar-refractivity contribution < 1.29 is 18.7 Å². The third-order valence-corrected chi connectivity index (χ3v) is 5.96. The van der Waals surface area contributed by atoms with E-state index in [2.05, 4.69) is 5.32 Å². The quantitative estimate of drug-likeness (QED) is 0.734. The molecule has 2 aliphatic rings. The first-order chi connectivity index (χ1) is 13.2. The molecule has 0 bridgehead atoms. The van der Waals surface area contributed by atoms with Gasteiger partial charge >= 0.3 is 0 Å². The van der Waals surface area contributed by atoms with Crippen molar-refractivity contribution in [2.75, 3.05) is 32.5 Å². The number of thioether (sulfide) groups is 1. The highest BCUT2D eigenvalue weighted by atomic mass is 32.2. The SMILES string of the molecule is CSCc1ccc(C(=O)N2CCC(CCC(=O)NCC3CCCO3)CC2)o1. The number of likely N-dealkylation sites (tertiary alicyclic amines) is 1. The summed E-state index contributed by atoms with van der Waals surface area (Å²) in [5, 5.41) is 2.98. The molecule has 1 aromatic heterocycles. The summed E-state index contributed by atoms with van der Waals surface area (Å²) in [6.07, 6.45) is 7.68. The second-order valence-electron chi connectivity index (χ2n) is 7.41. The predicted octanol–water partition coefficient (Wildman–Crippen LogP) is 3.07. The molecule has 2 aliphatic heterocycles. The third-order valence-electron chi connectivity index (χ3n) is 5.39. The number of piperidine rings is 1. The van der Waals surface area contributed by atoms with Gasteiger partial charge in [0.05, 0.1) is 11.9 Å². The fourth-order valence-electron chi connectivity index (χ4n) is 3.75. The number of amides is 2. The second-order valence-corrected chi connectivity index (χ2v) is 8.28. The average Bonchev–Trinajstić information content (AvgIpc) is 3.37. The first-order valence-electron chi connectivity index (χ1n) is 9.91. The molecule has 27 heavy (non-hydrogen) atoms. The molecule has 150 valence electrons. The van der Waals surface area contributed by atoms with Gasteiger partial charge in [0.15, 0.2) is 5.76 Å². The maximum atomic E-state index is 12.6. The summed E-state index contributed by atoms with van der Waals surface area (Å²) in [6.45, 7) is 2.92. The van der Waals surface area contributed by atoms with Crippen LogP contribution in [-0.2, 0) is 15.3 Å². The first-order valence-corrected chi connectivity index (χ1v) is 11.3. The summed E-state index contributed by atoms with van der Waals surface area (Å²) < 4.78 is 11.2. The molecule has 0 radical (unpaired) electrons. The Balaban J connectivity index is 1.34. The Morgan fingerprint density at radius 1 is 1.26 bits per heavy atom. The van der Waals surface area contributed by atoms with Gasteiger partial charge in [-0.3, -0.25) is 9.59 Å². The number of hydrogen-bond acceptors (Lipinski definition) is 5. The largest absolute Gasteiger partial charge is 0.455 e. The van der Waals surface area contributed by atoms with Crippen molar-refractivity contribution in [2.24, 2.45) is 5.92 Å². The lowest BCUT2D eigenvalue weighted by atomic mass is 9.92. The fraction of sp³-hybridized carbons (Fsp3) is 0.700. The van der Waals surface area contributed by atoms with Crippen LogP contribution in [0.2, 0.25) is 0 Å². The minimum Gasteiger partial charge on any atom is -0.455 e. The number of furan rings is 1. The lowest BCUT2D eigenvalue weighted by Gasteiger charge is -2.31. The van der Waals surface area contributed by atoms with E-state index in [9.17, 15) is 9.59 Å². The predicted molar refractivity (Wildman–Crippen MR) is 106 cm³/mol. The summed E-state index contributed by atoms with van der Waals surface area (Å²) in [7, 11) is 0. The van der Waals surface area contributed by atoms with Crippen LogP contribution in [0, 0.1) is 5.92 Å². The van der Waals surface area contributed by atoms with Crippen molar-refractivity contribution in [3.8, 4) is 0 Å². The van der Waals surface area contributed by atoms with Gasteiger partial charge in [0.1, 0.15) is 5.76 Å². The Morgan fingerprint density at radius 3 is 2.78 bits per heavy atom. The molecule has 7 heteroatoms. The highest BCUT2D eigenvalue weighted by molar-refractivity contribution is 7.97. The van der Waals surface area contributed by atoms with E-state index < -0.39 is 0 Å². The molecule has 1 unspecified atom stereocenters. The van der Waals surface area contributed by atoms with Gasteiger partial charge in [-0.2, -0.15) is 11.8 Å². The van der Waals surface area contributed by atoms with E-state index in [-0.39, 0.29) is 17.9 Å². The number of hydrogen-bond donors (Lipinski definition) is 1. The maximum absolute atomic E-state index is 12.6. The molecule has 0 aliphatic carbocycles. The van der Waals surface area contributed by atoms with Gasteiger partial charge in [0.25, 0.3) is 5.91 Å². The van der Waals surface area contributed by atoms with E-state index in [0.29, 0.717) is 24.6 Å². The van der Waals surface area contributed by atoms with Crippen LogP contribution >= 0.6 is 11.8 Å². The van der Waals surface area contributed by atoms with Crippen LogP contribution in [0.4, 0.5) is 0 Å². The minimum absolute atomic E-state index is 0.0184. The van der Waals surface area contributed by atoms with Gasteiger partial charge in [-0.05, 0) is 56.4 Å². The molecule has 2 amide bonds. The van der Waals surface area contributed by atoms with Gasteiger partial charge in [-0.25, -0.2) is 0 Å². The molecule has 3 rings (SSSR count). The Kier molecular flexibility index (Phi) is 7.64. The van der Waals surface area contributed by atoms with Crippen LogP contribution in [-0.4, -0.2) is 55.3 Å². The number of carbonyl (C=O) groups excluding carboxylic acids is 2. The summed E-state index contributed by atoms with van der Waals surface area (Å²) in [6, 6.07) is 3.66. The van der Waals surface area contributed by atoms with E-state index in [0.717, 1.165) is 63.3 Å². The van der Waals surface area contributed by atoms with E-state index in [1.807, 2.05) is 17.2 Å². The van der Waals surface area contributed by atoms with E-state index in [4.69, 9.17) is 9.15 Å². The maximum Gasteiger partial charge on any atom is 0.289 e. The van der Waals surface area contributed by atoms with Crippen molar-refractivity contribution in [2.45, 2.75) is 50.4 Å². The molecule has 0 saturated carbocycles. The summed E-state index contributed by atoms with van der Waals surface area (Å²) in [5.74, 6) is 2.66. The van der Waals surface area contributed by atoms with Gasteiger partial charge < -0.3 is 19.4 Å². The van der Waals surface area contributed by atoms with Gasteiger partial charge in [-0.1, -0.05) is 0 Å². The lowest BCUT2D eigenvalue weighted by molar-refractivity contribution is -0.122. The second kappa shape index (κ2) is 10.2. The van der Waals surface area contributed by atoms with Gasteiger partial charge in [0.2, 0.25) is 5.91 Å². The molecule has 1 atom stereocenters. The van der Waals surface area contributed by atoms with E-state index in [1.165, 1.54) is 0 Å². The van der Waals surface area contributed by atoms with Crippen molar-refractivity contribution in [3.05, 3.63) is 23.7 Å². The molecule has 1 N–H and O–H groups in total. The van der Waals surface area contributed by atoms with Crippen LogP contribution < -0.4 is 5.32 Å². The smallest absolute Gasteiger partial charge is 0.289 e. The standard InChI is InChI=1S/C20H30N2O4S/c1-27-14-17-5-6-18(26-17)20(24)22-10-8-15(9-11-22)4-7-19(23)21-13-16-3-2-12-25-16/h5-6,15-16H,2-4,7-14H2,1H3,(H,21,23). The summed E-state index contributed by atoms with van der Waals surface area (Å²) in [5.41, 5.74) is 0. The van der Waals surface area contributed by atoms with Crippen molar-refractivity contribution in [1.29, 1.82) is 0 Å². The lowest BCUT2D eigenvalue weighted by Crippen LogP contribution is -2.38. The van der Waals surface area contributed by atoms with Crippen LogP contribution in [0.5, 0.6) is 0 Å². The third kappa shape index (κ3) is 6.01. The summed E-state index contributed by atoms with van der Waals surface area (Å²) >= 11 is 1.68. The van der Waals surface area contributed by atoms with Crippen molar-refractivity contribution >= 4 is 23.6 Å². The minimum atomic E-state index is -0.0184. The Morgan fingerprint density at radius 2 is 2.07 bits per heavy atom. The molecule has 1 aromatic rings. The Bertz CT molecular complexity index is 619. The first kappa shape index (κ1) is 20.3. The van der Waals surface area contributed by atoms with Crippen molar-refractivity contribution in [1.82, 2.24) is 10.2 Å². The highest BCUT2D eigenvalue weighted by Crippen LogP contribution is 2.24. The topological polar surface area (TPSA) is 71.8 Å². The zero-order valence-corrected chi connectivity index (χ0v) is 16.9. The molecule has 0 spiro atoms. The molecule has 2 fully saturated rings. The Hall–Kier alpha value is -1.47. The molecule has 6 nitrogen and oxygen atoms in total. The van der Waals surface area contributed by atoms with Crippen LogP contribution in [0.15, 0.2) is 16.5 Å². The zero-order valence-electron chi connectivity index (χ0n) is 16.1. The fourth-order valence-corrected chi connectivity index (χ4v) is 4.19. The molecule has 3 heterocycles. The Labute approximate surface area is 165 Å². The zero-order chi connectivity index (χ0) is 19.1. The van der Waals surface area contributed by atoms with Gasteiger partial charge in [-0.15, -0.1) is 0 Å². The number of rotatable bonds is 8. The van der Waals surface area contributed by atoms with Crippen molar-refractivity contribution in [3.63, 3.8) is 0 Å². The van der Waals surface area contributed by atoms with E-state index >= 15 is 0 Å². The molecular formula is C20H30N2O4S. The monoisotopic (exact) mass is 394 g/mol. The normalized spacial score (nSPS) is 20.8. The van der Waals surface area contributed by atoms with Crippen LogP contribution in [0.1, 0.15) is 54.8 Å². The van der Waals surface area contributed by atoms with Gasteiger partial charge in [0, 0.05) is 32.7 Å². The number of nitrogens with one attached hydrogen (secondary N) is 1. The summed E-state index contributed by atoms with van der Waals surface area (Å²) in [4.78, 5) is 26.4. The number of ether oxygens (including phenoxy) is 1. The molecular weight excluding hydrogens is 364 g/mol. The average molecular weight is 395 g/mol. The number of carbonyl (C=O) groups is 2. The number of nitrogens with zero attached hydrogens (tertiary/aromatic N) is 1. The molecule has 2 saturated heterocycles.